The minimum Gasteiger partial charge on any atom is -0.365 e. The number of hydrogen-bond donors (Lipinski definition) is 3. The Bertz CT molecular complexity index is 841. The summed E-state index contributed by atoms with van der Waals surface area (Å²) in [5.74, 6) is -0.128. The van der Waals surface area contributed by atoms with Crippen LogP contribution in [0.1, 0.15) is 45.0 Å². The largest absolute Gasteiger partial charge is 0.365 e. The third-order valence-corrected chi connectivity index (χ3v) is 3.23. The number of aromatic nitrogens is 4. The highest BCUT2D eigenvalue weighted by molar-refractivity contribution is 5.97. The fraction of sp³-hybridized carbons (Fsp3) is 0.353. The lowest BCUT2D eigenvalue weighted by molar-refractivity contribution is 0.100. The van der Waals surface area contributed by atoms with Crippen molar-refractivity contribution >= 4 is 29.6 Å². The van der Waals surface area contributed by atoms with Gasteiger partial charge in [-0.25, -0.2) is 4.98 Å². The van der Waals surface area contributed by atoms with Crippen LogP contribution in [0.4, 0.5) is 17.5 Å². The number of hydrogen-bond acceptors (Lipinski definition) is 7. The van der Waals surface area contributed by atoms with Gasteiger partial charge < -0.3 is 11.1 Å². The average Bonchev–Trinajstić information content (AvgIpc) is 3.00. The van der Waals surface area contributed by atoms with Crippen molar-refractivity contribution in [3.63, 3.8) is 0 Å². The van der Waals surface area contributed by atoms with Crippen LogP contribution >= 0.6 is 0 Å². The van der Waals surface area contributed by atoms with E-state index in [0.717, 1.165) is 11.3 Å². The molecule has 0 bridgehead atoms. The van der Waals surface area contributed by atoms with Crippen molar-refractivity contribution in [2.45, 2.75) is 40.2 Å². The van der Waals surface area contributed by atoms with Gasteiger partial charge in [-0.3, -0.25) is 14.9 Å². The third kappa shape index (κ3) is 5.13. The lowest BCUT2D eigenvalue weighted by Crippen LogP contribution is -2.21. The van der Waals surface area contributed by atoms with Crippen LogP contribution in [0, 0.1) is 0 Å². The summed E-state index contributed by atoms with van der Waals surface area (Å²) >= 11 is 0. The van der Waals surface area contributed by atoms with Crippen molar-refractivity contribution in [1.29, 1.82) is 0 Å². The molecule has 2 heterocycles. The normalized spacial score (nSPS) is 11.4. The Morgan fingerprint density at radius 2 is 2.04 bits per heavy atom. The Morgan fingerprint density at radius 3 is 2.62 bits per heavy atom. The maximum Gasteiger partial charge on any atom is 0.254 e. The molecular weight excluding hydrogens is 332 g/mol. The zero-order valence-electron chi connectivity index (χ0n) is 15.6. The summed E-state index contributed by atoms with van der Waals surface area (Å²) in [6.45, 7) is 10.0. The summed E-state index contributed by atoms with van der Waals surface area (Å²) in [6, 6.07) is 0. The quantitative estimate of drug-likeness (QED) is 0.540. The molecule has 0 atom stereocenters. The number of nitrogens with one attached hydrogen (secondary N) is 2. The Kier molecular flexibility index (Phi) is 5.71. The molecule has 0 spiro atoms. The van der Waals surface area contributed by atoms with Gasteiger partial charge >= 0.3 is 0 Å². The van der Waals surface area contributed by atoms with E-state index >= 15 is 0 Å². The van der Waals surface area contributed by atoms with E-state index in [1.807, 2.05) is 30.8 Å². The van der Waals surface area contributed by atoms with Crippen LogP contribution in [0.5, 0.6) is 0 Å². The van der Waals surface area contributed by atoms with Gasteiger partial charge in [0.15, 0.2) is 5.82 Å². The first-order valence-corrected chi connectivity index (χ1v) is 8.08. The van der Waals surface area contributed by atoms with Gasteiger partial charge in [0.25, 0.3) is 5.91 Å². The molecule has 0 saturated carbocycles. The molecule has 0 aliphatic carbocycles. The number of nitrogens with two attached hydrogens (primary N) is 1. The molecule has 0 aliphatic heterocycles. The second-order valence-electron chi connectivity index (χ2n) is 6.92. The maximum absolute atomic E-state index is 11.6. The Balaban J connectivity index is 2.23. The van der Waals surface area contributed by atoms with Gasteiger partial charge in [-0.1, -0.05) is 5.57 Å². The van der Waals surface area contributed by atoms with Gasteiger partial charge in [0.2, 0.25) is 5.95 Å². The molecule has 0 aliphatic rings. The monoisotopic (exact) mass is 356 g/mol. The fourth-order valence-electron chi connectivity index (χ4n) is 1.88. The highest BCUT2D eigenvalue weighted by atomic mass is 16.1. The van der Waals surface area contributed by atoms with Gasteiger partial charge in [-0.05, 0) is 40.7 Å². The molecule has 0 saturated heterocycles. The van der Waals surface area contributed by atoms with Crippen molar-refractivity contribution in [2.24, 2.45) is 10.8 Å². The molecule has 26 heavy (non-hydrogen) atoms. The smallest absolute Gasteiger partial charge is 0.254 e. The minimum atomic E-state index is -0.642. The molecule has 0 radical (unpaired) electrons. The molecule has 2 aromatic heterocycles. The number of rotatable bonds is 6. The molecular formula is C17H24N8O. The number of allylic oxidation sites excluding steroid dienone is 2. The average molecular weight is 356 g/mol. The van der Waals surface area contributed by atoms with Crippen LogP contribution in [-0.4, -0.2) is 31.9 Å². The molecule has 2 aromatic rings. The SMILES string of the molecule is CC(C)=C/C=N/Nc1nc(Nc2cnn(C(C)(C)C)c2)ncc1C(N)=O. The van der Waals surface area contributed by atoms with Crippen molar-refractivity contribution < 1.29 is 4.79 Å². The zero-order valence-corrected chi connectivity index (χ0v) is 15.6. The van der Waals surface area contributed by atoms with Gasteiger partial charge in [-0.15, -0.1) is 0 Å². The van der Waals surface area contributed by atoms with Crippen LogP contribution in [0.2, 0.25) is 0 Å². The molecule has 9 heteroatoms. The molecule has 138 valence electrons. The highest BCUT2D eigenvalue weighted by Crippen LogP contribution is 2.20. The Hall–Kier alpha value is -3.23. The van der Waals surface area contributed by atoms with E-state index in [1.165, 1.54) is 6.20 Å². The minimum absolute atomic E-state index is 0.136. The van der Waals surface area contributed by atoms with Gasteiger partial charge in [0.1, 0.15) is 5.56 Å². The predicted molar refractivity (Wildman–Crippen MR) is 103 cm³/mol. The number of anilines is 3. The van der Waals surface area contributed by atoms with E-state index in [-0.39, 0.29) is 16.9 Å². The van der Waals surface area contributed by atoms with Crippen molar-refractivity contribution in [2.75, 3.05) is 10.7 Å². The standard InChI is InChI=1S/C17H24N8O/c1-11(2)6-7-20-24-15-13(14(18)26)9-19-16(23-15)22-12-8-21-25(10-12)17(3,4)5/h6-10H,1-5H3,(H2,18,26)(H2,19,22,23,24)/b20-7+. The van der Waals surface area contributed by atoms with E-state index in [4.69, 9.17) is 5.73 Å². The Labute approximate surface area is 152 Å². The highest BCUT2D eigenvalue weighted by Gasteiger charge is 2.15. The van der Waals surface area contributed by atoms with Gasteiger partial charge in [-0.2, -0.15) is 15.2 Å². The maximum atomic E-state index is 11.6. The topological polar surface area (TPSA) is 123 Å². The second-order valence-corrected chi connectivity index (χ2v) is 6.92. The van der Waals surface area contributed by atoms with Crippen molar-refractivity contribution in [3.8, 4) is 0 Å². The van der Waals surface area contributed by atoms with E-state index in [9.17, 15) is 4.79 Å². The van der Waals surface area contributed by atoms with Gasteiger partial charge in [0, 0.05) is 18.6 Å². The summed E-state index contributed by atoms with van der Waals surface area (Å²) in [5.41, 5.74) is 9.91. The van der Waals surface area contributed by atoms with E-state index < -0.39 is 5.91 Å². The van der Waals surface area contributed by atoms with E-state index in [1.54, 1.807) is 12.4 Å². The third-order valence-electron chi connectivity index (χ3n) is 3.23. The molecule has 0 aromatic carbocycles. The molecule has 9 nitrogen and oxygen atoms in total. The predicted octanol–water partition coefficient (Wildman–Crippen LogP) is 2.63. The summed E-state index contributed by atoms with van der Waals surface area (Å²) in [5, 5.41) is 11.4. The zero-order chi connectivity index (χ0) is 19.3. The lowest BCUT2D eigenvalue weighted by atomic mass is 10.1. The molecule has 4 N–H and O–H groups in total. The summed E-state index contributed by atoms with van der Waals surface area (Å²) < 4.78 is 1.83. The molecule has 0 unspecified atom stereocenters. The van der Waals surface area contributed by atoms with E-state index in [2.05, 4.69) is 51.7 Å². The lowest BCUT2D eigenvalue weighted by Gasteiger charge is -2.18. The molecule has 0 fully saturated rings. The number of primary amides is 1. The van der Waals surface area contributed by atoms with Crippen LogP contribution in [0.3, 0.4) is 0 Å². The fourth-order valence-corrected chi connectivity index (χ4v) is 1.88. The van der Waals surface area contributed by atoms with Crippen LogP contribution in [-0.2, 0) is 5.54 Å². The van der Waals surface area contributed by atoms with Crippen molar-refractivity contribution in [1.82, 2.24) is 19.7 Å². The van der Waals surface area contributed by atoms with E-state index in [0.29, 0.717) is 5.95 Å². The van der Waals surface area contributed by atoms with Crippen LogP contribution in [0.25, 0.3) is 0 Å². The second kappa shape index (κ2) is 7.77. The number of carbonyl (C=O) groups is 1. The van der Waals surface area contributed by atoms with Crippen molar-refractivity contribution in [3.05, 3.63) is 35.8 Å². The number of hydrazone groups is 1. The number of amides is 1. The first-order valence-electron chi connectivity index (χ1n) is 8.08. The summed E-state index contributed by atoms with van der Waals surface area (Å²) in [7, 11) is 0. The van der Waals surface area contributed by atoms with Gasteiger partial charge in [0.05, 0.1) is 17.4 Å². The van der Waals surface area contributed by atoms with Crippen LogP contribution in [0.15, 0.2) is 35.3 Å². The summed E-state index contributed by atoms with van der Waals surface area (Å²) in [6.07, 6.45) is 8.27. The molecule has 2 rings (SSSR count). The number of nitrogens with zero attached hydrogens (tertiary/aromatic N) is 5. The summed E-state index contributed by atoms with van der Waals surface area (Å²) in [4.78, 5) is 19.9. The van der Waals surface area contributed by atoms with Crippen LogP contribution < -0.4 is 16.5 Å². The molecule has 1 amide bonds. The Morgan fingerprint density at radius 1 is 1.31 bits per heavy atom. The first kappa shape index (κ1) is 19.1. The number of carbonyl (C=O) groups excluding carboxylic acids is 1. The first-order chi connectivity index (χ1) is 12.2.